The molecule has 3 nitrogen and oxygen atoms in total. The smallest absolute Gasteiger partial charge is 0.261 e. The van der Waals surface area contributed by atoms with Gasteiger partial charge < -0.3 is 0 Å². The van der Waals surface area contributed by atoms with Crippen LogP contribution in [0, 0.1) is 6.92 Å². The summed E-state index contributed by atoms with van der Waals surface area (Å²) < 4.78 is 0. The monoisotopic (exact) mass is 281 g/mol. The fourth-order valence-corrected chi connectivity index (χ4v) is 2.26. The summed E-state index contributed by atoms with van der Waals surface area (Å²) in [4.78, 5) is 25.7. The predicted octanol–water partition coefficient (Wildman–Crippen LogP) is 3.82. The Morgan fingerprint density at radius 1 is 0.810 bits per heavy atom. The minimum Gasteiger partial charge on any atom is -0.270 e. The number of rotatable bonds is 2. The summed E-state index contributed by atoms with van der Waals surface area (Å²) in [5.74, 6) is -0.414. The summed E-state index contributed by atoms with van der Waals surface area (Å²) in [6, 6.07) is 14.8. The minimum atomic E-state index is -0.207. The van der Waals surface area contributed by atoms with Gasteiger partial charge in [-0.25, -0.2) is 0 Å². The van der Waals surface area contributed by atoms with Crippen LogP contribution in [0.1, 0.15) is 45.7 Å². The van der Waals surface area contributed by atoms with Gasteiger partial charge >= 0.3 is 0 Å². The zero-order valence-corrected chi connectivity index (χ0v) is 12.6. The highest BCUT2D eigenvalue weighted by Crippen LogP contribution is 2.24. The third-order valence-electron chi connectivity index (χ3n) is 3.34. The van der Waals surface area contributed by atoms with Crippen LogP contribution in [0.15, 0.2) is 48.5 Å². The zero-order chi connectivity index (χ0) is 15.4. The topological polar surface area (TPSA) is 37.4 Å². The molecule has 0 radical (unpaired) electrons. The van der Waals surface area contributed by atoms with Gasteiger partial charge in [0.25, 0.3) is 11.8 Å². The number of carbonyl (C=O) groups excluding carboxylic acids is 2. The second-order valence-corrected chi connectivity index (χ2v) is 4.73. The van der Waals surface area contributed by atoms with Crippen molar-refractivity contribution < 1.29 is 9.59 Å². The lowest BCUT2D eigenvalue weighted by Crippen LogP contribution is -2.29. The molecular weight excluding hydrogens is 262 g/mol. The Kier molecular flexibility index (Phi) is 4.53. The first-order valence-corrected chi connectivity index (χ1v) is 7.17. The van der Waals surface area contributed by atoms with Crippen molar-refractivity contribution in [3.05, 3.63) is 70.8 Å². The van der Waals surface area contributed by atoms with Crippen molar-refractivity contribution in [2.24, 2.45) is 0 Å². The second-order valence-electron chi connectivity index (χ2n) is 4.73. The molecule has 1 aliphatic heterocycles. The lowest BCUT2D eigenvalue weighted by atomic mass is 10.1. The molecule has 2 aromatic carbocycles. The van der Waals surface area contributed by atoms with E-state index in [9.17, 15) is 9.59 Å². The number of hydrogen-bond acceptors (Lipinski definition) is 2. The summed E-state index contributed by atoms with van der Waals surface area (Å²) in [6.45, 7) is 6.33. The molecule has 0 atom stereocenters. The van der Waals surface area contributed by atoms with Crippen LogP contribution in [-0.2, 0) is 6.54 Å². The first kappa shape index (κ1) is 15.0. The van der Waals surface area contributed by atoms with Gasteiger partial charge in [0, 0.05) is 0 Å². The Labute approximate surface area is 125 Å². The number of amides is 2. The van der Waals surface area contributed by atoms with Crippen LogP contribution in [0.5, 0.6) is 0 Å². The number of hydrogen-bond donors (Lipinski definition) is 0. The molecule has 2 amide bonds. The normalized spacial score (nSPS) is 12.8. The highest BCUT2D eigenvalue weighted by molar-refractivity contribution is 6.21. The molecule has 3 heteroatoms. The number of fused-ring (bicyclic) bond motifs is 1. The summed E-state index contributed by atoms with van der Waals surface area (Å²) in [5, 5.41) is 0. The van der Waals surface area contributed by atoms with Crippen molar-refractivity contribution >= 4 is 11.8 Å². The van der Waals surface area contributed by atoms with Crippen LogP contribution in [0.3, 0.4) is 0 Å². The first-order valence-electron chi connectivity index (χ1n) is 7.17. The van der Waals surface area contributed by atoms with Gasteiger partial charge in [-0.2, -0.15) is 0 Å². The minimum absolute atomic E-state index is 0.207. The number of benzene rings is 2. The molecule has 108 valence electrons. The Bertz CT molecular complexity index is 624. The van der Waals surface area contributed by atoms with E-state index < -0.39 is 0 Å². The summed E-state index contributed by atoms with van der Waals surface area (Å²) in [7, 11) is 0. The molecule has 0 aromatic heterocycles. The van der Waals surface area contributed by atoms with E-state index in [1.165, 1.54) is 4.90 Å². The van der Waals surface area contributed by atoms with E-state index in [0.29, 0.717) is 17.7 Å². The lowest BCUT2D eigenvalue weighted by Gasteiger charge is -2.13. The van der Waals surface area contributed by atoms with Gasteiger partial charge in [0.2, 0.25) is 0 Å². The molecule has 21 heavy (non-hydrogen) atoms. The molecule has 0 saturated heterocycles. The summed E-state index contributed by atoms with van der Waals surface area (Å²) >= 11 is 0. The van der Waals surface area contributed by atoms with Crippen molar-refractivity contribution in [2.45, 2.75) is 27.3 Å². The lowest BCUT2D eigenvalue weighted by molar-refractivity contribution is 0.0642. The van der Waals surface area contributed by atoms with E-state index in [1.54, 1.807) is 24.3 Å². The fraction of sp³-hybridized carbons (Fsp3) is 0.222. The van der Waals surface area contributed by atoms with Crippen molar-refractivity contribution in [2.75, 3.05) is 0 Å². The van der Waals surface area contributed by atoms with Crippen molar-refractivity contribution in [1.29, 1.82) is 0 Å². The molecule has 1 aliphatic rings. The highest BCUT2D eigenvalue weighted by Gasteiger charge is 2.34. The number of aryl methyl sites for hydroxylation is 1. The third-order valence-corrected chi connectivity index (χ3v) is 3.34. The third kappa shape index (κ3) is 2.87. The van der Waals surface area contributed by atoms with Gasteiger partial charge in [-0.05, 0) is 24.6 Å². The van der Waals surface area contributed by atoms with Gasteiger partial charge in [-0.3, -0.25) is 14.5 Å². The molecule has 0 spiro atoms. The van der Waals surface area contributed by atoms with E-state index >= 15 is 0 Å². The van der Waals surface area contributed by atoms with Crippen molar-refractivity contribution in [1.82, 2.24) is 4.90 Å². The van der Waals surface area contributed by atoms with Crippen LogP contribution in [0.4, 0.5) is 0 Å². The average Bonchev–Trinajstić information content (AvgIpc) is 2.77. The molecule has 0 saturated carbocycles. The van der Waals surface area contributed by atoms with Crippen LogP contribution in [-0.4, -0.2) is 16.7 Å². The Hall–Kier alpha value is -2.42. The van der Waals surface area contributed by atoms with Crippen LogP contribution in [0.2, 0.25) is 0 Å². The van der Waals surface area contributed by atoms with E-state index in [-0.39, 0.29) is 11.8 Å². The van der Waals surface area contributed by atoms with Crippen LogP contribution < -0.4 is 0 Å². The molecule has 2 aromatic rings. The maximum Gasteiger partial charge on any atom is 0.261 e. The molecule has 1 heterocycles. The number of carbonyl (C=O) groups is 2. The zero-order valence-electron chi connectivity index (χ0n) is 12.6. The maximum atomic E-state index is 12.2. The molecule has 0 aliphatic carbocycles. The molecule has 3 rings (SSSR count). The maximum absolute atomic E-state index is 12.2. The average molecular weight is 281 g/mol. The SMILES string of the molecule is CC.Cc1ccc(CN2C(=O)c3ccccc3C2=O)cc1. The Balaban J connectivity index is 0.000000774. The Morgan fingerprint density at radius 3 is 1.76 bits per heavy atom. The van der Waals surface area contributed by atoms with Gasteiger partial charge in [-0.15, -0.1) is 0 Å². The summed E-state index contributed by atoms with van der Waals surface area (Å²) in [6.07, 6.45) is 0. The van der Waals surface area contributed by atoms with Crippen molar-refractivity contribution in [3.8, 4) is 0 Å². The first-order chi connectivity index (χ1) is 10.2. The highest BCUT2D eigenvalue weighted by atomic mass is 16.2. The van der Waals surface area contributed by atoms with Crippen LogP contribution >= 0.6 is 0 Å². The van der Waals surface area contributed by atoms with E-state index in [1.807, 2.05) is 45.0 Å². The van der Waals surface area contributed by atoms with E-state index in [4.69, 9.17) is 0 Å². The van der Waals surface area contributed by atoms with Gasteiger partial charge in [0.15, 0.2) is 0 Å². The van der Waals surface area contributed by atoms with Gasteiger partial charge in [0.05, 0.1) is 17.7 Å². The largest absolute Gasteiger partial charge is 0.270 e. The number of imide groups is 1. The molecule has 0 fully saturated rings. The standard InChI is InChI=1S/C16H13NO2.C2H6/c1-11-6-8-12(9-7-11)10-17-15(18)13-4-2-3-5-14(13)16(17)19;1-2/h2-9H,10H2,1H3;1-2H3. The second kappa shape index (κ2) is 6.35. The predicted molar refractivity (Wildman–Crippen MR) is 83.2 cm³/mol. The molecule has 0 bridgehead atoms. The number of nitrogens with zero attached hydrogens (tertiary/aromatic N) is 1. The fourth-order valence-electron chi connectivity index (χ4n) is 2.26. The van der Waals surface area contributed by atoms with Gasteiger partial charge in [-0.1, -0.05) is 55.8 Å². The quantitative estimate of drug-likeness (QED) is 0.785. The van der Waals surface area contributed by atoms with Crippen LogP contribution in [0.25, 0.3) is 0 Å². The van der Waals surface area contributed by atoms with E-state index in [2.05, 4.69) is 0 Å². The Morgan fingerprint density at radius 2 is 1.29 bits per heavy atom. The molecular formula is C18H19NO2. The van der Waals surface area contributed by atoms with E-state index in [0.717, 1.165) is 11.1 Å². The molecule has 0 unspecified atom stereocenters. The van der Waals surface area contributed by atoms with Crippen molar-refractivity contribution in [3.63, 3.8) is 0 Å². The molecule has 0 N–H and O–H groups in total. The van der Waals surface area contributed by atoms with Gasteiger partial charge in [0.1, 0.15) is 0 Å². The summed E-state index contributed by atoms with van der Waals surface area (Å²) in [5.41, 5.74) is 3.12.